The molecule has 0 spiro atoms. The Kier molecular flexibility index (Phi) is 4.20. The molecule has 17 heavy (non-hydrogen) atoms. The Morgan fingerprint density at radius 1 is 1.47 bits per heavy atom. The summed E-state index contributed by atoms with van der Waals surface area (Å²) in [4.78, 5) is 15.8. The molecule has 3 nitrogen and oxygen atoms in total. The fourth-order valence-electron chi connectivity index (χ4n) is 1.36. The Labute approximate surface area is 113 Å². The van der Waals surface area contributed by atoms with Gasteiger partial charge in [-0.1, -0.05) is 22.9 Å². The van der Waals surface area contributed by atoms with Crippen LogP contribution in [0.2, 0.25) is 5.02 Å². The van der Waals surface area contributed by atoms with Gasteiger partial charge < -0.3 is 5.32 Å². The second-order valence-corrected chi connectivity index (χ2v) is 5.32. The summed E-state index contributed by atoms with van der Waals surface area (Å²) in [5.41, 5.74) is 0.840. The summed E-state index contributed by atoms with van der Waals surface area (Å²) in [6.45, 7) is 0. The number of anilines is 1. The standard InChI is InChI=1S/C11H10Cl2N2OS/c12-5-1-2-10(16)15-11-14-8-4-3-7(13)6-9(8)17-11/h3-4,6H,1-2,5H2,(H,14,15,16). The lowest BCUT2D eigenvalue weighted by Gasteiger charge is -1.98. The Balaban J connectivity index is 2.11. The summed E-state index contributed by atoms with van der Waals surface area (Å²) >= 11 is 12.8. The van der Waals surface area contributed by atoms with E-state index in [1.165, 1.54) is 11.3 Å². The smallest absolute Gasteiger partial charge is 0.226 e. The zero-order valence-electron chi connectivity index (χ0n) is 8.87. The Morgan fingerprint density at radius 3 is 3.06 bits per heavy atom. The van der Waals surface area contributed by atoms with Crippen LogP contribution in [-0.2, 0) is 4.79 Å². The van der Waals surface area contributed by atoms with Crippen LogP contribution in [0.15, 0.2) is 18.2 Å². The number of alkyl halides is 1. The van der Waals surface area contributed by atoms with Crippen LogP contribution in [0.25, 0.3) is 10.2 Å². The minimum absolute atomic E-state index is 0.0594. The van der Waals surface area contributed by atoms with E-state index in [2.05, 4.69) is 10.3 Å². The Morgan fingerprint density at radius 2 is 2.29 bits per heavy atom. The van der Waals surface area contributed by atoms with Gasteiger partial charge in [-0.05, 0) is 24.6 Å². The number of thiazole rings is 1. The monoisotopic (exact) mass is 288 g/mol. The SMILES string of the molecule is O=C(CCCCl)Nc1nc2ccc(Cl)cc2s1. The van der Waals surface area contributed by atoms with Crippen LogP contribution in [0, 0.1) is 0 Å². The minimum Gasteiger partial charge on any atom is -0.302 e. The molecule has 6 heteroatoms. The number of benzene rings is 1. The van der Waals surface area contributed by atoms with Crippen molar-refractivity contribution >= 4 is 55.8 Å². The molecule has 0 saturated heterocycles. The average Bonchev–Trinajstić information content (AvgIpc) is 2.67. The van der Waals surface area contributed by atoms with Crippen LogP contribution >= 0.6 is 34.5 Å². The molecule has 1 aromatic carbocycles. The highest BCUT2D eigenvalue weighted by Crippen LogP contribution is 2.28. The summed E-state index contributed by atoms with van der Waals surface area (Å²) in [5.74, 6) is 0.430. The lowest BCUT2D eigenvalue weighted by atomic mass is 10.3. The number of halogens is 2. The van der Waals surface area contributed by atoms with Crippen molar-refractivity contribution in [1.29, 1.82) is 0 Å². The minimum atomic E-state index is -0.0594. The van der Waals surface area contributed by atoms with Crippen molar-refractivity contribution in [1.82, 2.24) is 4.98 Å². The van der Waals surface area contributed by atoms with Gasteiger partial charge in [0.25, 0.3) is 0 Å². The summed E-state index contributed by atoms with van der Waals surface area (Å²) in [6.07, 6.45) is 1.09. The molecule has 0 unspecified atom stereocenters. The second kappa shape index (κ2) is 5.67. The highest BCUT2D eigenvalue weighted by molar-refractivity contribution is 7.22. The second-order valence-electron chi connectivity index (χ2n) is 3.47. The predicted octanol–water partition coefficient (Wildman–Crippen LogP) is 3.91. The molecule has 0 aliphatic heterocycles. The molecule has 2 rings (SSSR count). The van der Waals surface area contributed by atoms with E-state index in [0.717, 1.165) is 10.2 Å². The Bertz CT molecular complexity index is 541. The number of rotatable bonds is 4. The van der Waals surface area contributed by atoms with E-state index in [-0.39, 0.29) is 5.91 Å². The molecule has 0 fully saturated rings. The third-order valence-corrected chi connectivity index (χ3v) is 3.57. The van der Waals surface area contributed by atoms with Crippen LogP contribution in [0.4, 0.5) is 5.13 Å². The van der Waals surface area contributed by atoms with E-state index in [9.17, 15) is 4.79 Å². The normalized spacial score (nSPS) is 10.7. The number of nitrogens with one attached hydrogen (secondary N) is 1. The third kappa shape index (κ3) is 3.31. The number of amides is 1. The summed E-state index contributed by atoms with van der Waals surface area (Å²) in [7, 11) is 0. The first-order valence-corrected chi connectivity index (χ1v) is 6.84. The number of nitrogens with zero attached hydrogens (tertiary/aromatic N) is 1. The molecule has 1 amide bonds. The summed E-state index contributed by atoms with van der Waals surface area (Å²) < 4.78 is 0.963. The van der Waals surface area contributed by atoms with Crippen LogP contribution in [0.1, 0.15) is 12.8 Å². The van der Waals surface area contributed by atoms with E-state index in [1.54, 1.807) is 6.07 Å². The van der Waals surface area contributed by atoms with E-state index in [0.29, 0.717) is 28.9 Å². The topological polar surface area (TPSA) is 42.0 Å². The summed E-state index contributed by atoms with van der Waals surface area (Å²) in [5, 5.41) is 4.02. The average molecular weight is 289 g/mol. The fraction of sp³-hybridized carbons (Fsp3) is 0.273. The van der Waals surface area contributed by atoms with Crippen LogP contribution in [0.5, 0.6) is 0 Å². The van der Waals surface area contributed by atoms with Gasteiger partial charge in [-0.25, -0.2) is 4.98 Å². The maximum atomic E-state index is 11.5. The number of carbonyl (C=O) groups is 1. The van der Waals surface area contributed by atoms with Crippen LogP contribution in [0.3, 0.4) is 0 Å². The number of hydrogen-bond acceptors (Lipinski definition) is 3. The number of carbonyl (C=O) groups excluding carboxylic acids is 1. The number of aromatic nitrogens is 1. The van der Waals surface area contributed by atoms with Crippen molar-refractivity contribution < 1.29 is 4.79 Å². The highest BCUT2D eigenvalue weighted by Gasteiger charge is 2.07. The highest BCUT2D eigenvalue weighted by atomic mass is 35.5. The quantitative estimate of drug-likeness (QED) is 0.867. The van der Waals surface area contributed by atoms with Crippen molar-refractivity contribution in [2.75, 3.05) is 11.2 Å². The van der Waals surface area contributed by atoms with Crippen molar-refractivity contribution in [3.8, 4) is 0 Å². The zero-order chi connectivity index (χ0) is 12.3. The Hall–Kier alpha value is -0.840. The van der Waals surface area contributed by atoms with Gasteiger partial charge in [-0.15, -0.1) is 11.6 Å². The van der Waals surface area contributed by atoms with Gasteiger partial charge in [0.2, 0.25) is 5.91 Å². The summed E-state index contributed by atoms with van der Waals surface area (Å²) in [6, 6.07) is 5.45. The molecule has 0 bridgehead atoms. The first-order valence-electron chi connectivity index (χ1n) is 5.11. The van der Waals surface area contributed by atoms with Gasteiger partial charge in [-0.3, -0.25) is 4.79 Å². The molecular weight excluding hydrogens is 279 g/mol. The largest absolute Gasteiger partial charge is 0.302 e. The number of fused-ring (bicyclic) bond motifs is 1. The molecular formula is C11H10Cl2N2OS. The molecule has 0 aliphatic carbocycles. The van der Waals surface area contributed by atoms with Gasteiger partial charge in [-0.2, -0.15) is 0 Å². The van der Waals surface area contributed by atoms with E-state index in [4.69, 9.17) is 23.2 Å². The molecule has 0 atom stereocenters. The van der Waals surface area contributed by atoms with Gasteiger partial charge in [0, 0.05) is 17.3 Å². The molecule has 0 saturated carbocycles. The van der Waals surface area contributed by atoms with Gasteiger partial charge in [0.05, 0.1) is 10.2 Å². The van der Waals surface area contributed by atoms with Crippen molar-refractivity contribution in [2.45, 2.75) is 12.8 Å². The van der Waals surface area contributed by atoms with Gasteiger partial charge >= 0.3 is 0 Å². The molecule has 1 heterocycles. The van der Waals surface area contributed by atoms with Gasteiger partial charge in [0.15, 0.2) is 5.13 Å². The molecule has 90 valence electrons. The molecule has 0 radical (unpaired) electrons. The number of hydrogen-bond donors (Lipinski definition) is 1. The van der Waals surface area contributed by atoms with Crippen molar-refractivity contribution in [2.24, 2.45) is 0 Å². The molecule has 0 aliphatic rings. The maximum absolute atomic E-state index is 11.5. The predicted molar refractivity (Wildman–Crippen MR) is 73.2 cm³/mol. The molecule has 1 N–H and O–H groups in total. The van der Waals surface area contributed by atoms with Crippen molar-refractivity contribution in [3.63, 3.8) is 0 Å². The van der Waals surface area contributed by atoms with E-state index in [1.807, 2.05) is 12.1 Å². The lowest BCUT2D eigenvalue weighted by molar-refractivity contribution is -0.116. The first kappa shape index (κ1) is 12.6. The van der Waals surface area contributed by atoms with Crippen LogP contribution in [-0.4, -0.2) is 16.8 Å². The zero-order valence-corrected chi connectivity index (χ0v) is 11.2. The van der Waals surface area contributed by atoms with Crippen molar-refractivity contribution in [3.05, 3.63) is 23.2 Å². The molecule has 2 aromatic rings. The fourth-order valence-corrected chi connectivity index (χ4v) is 2.65. The van der Waals surface area contributed by atoms with E-state index >= 15 is 0 Å². The molecule has 1 aromatic heterocycles. The third-order valence-electron chi connectivity index (χ3n) is 2.13. The lowest BCUT2D eigenvalue weighted by Crippen LogP contribution is -2.10. The maximum Gasteiger partial charge on any atom is 0.226 e. The van der Waals surface area contributed by atoms with Gasteiger partial charge in [0.1, 0.15) is 0 Å². The van der Waals surface area contributed by atoms with E-state index < -0.39 is 0 Å². The van der Waals surface area contributed by atoms with Crippen LogP contribution < -0.4 is 5.32 Å². The first-order chi connectivity index (χ1) is 8.19.